The zero-order valence-corrected chi connectivity index (χ0v) is 10.1. The Morgan fingerprint density at radius 3 is 2.65 bits per heavy atom. The smallest absolute Gasteiger partial charge is 0.326 e. The highest BCUT2D eigenvalue weighted by atomic mass is 16.4. The van der Waals surface area contributed by atoms with Crippen LogP contribution in [0.15, 0.2) is 0 Å². The molecule has 0 aromatic heterocycles. The van der Waals surface area contributed by atoms with Crippen LogP contribution in [0.5, 0.6) is 0 Å². The molecular weight excluding hydrogens is 226 g/mol. The van der Waals surface area contributed by atoms with Crippen molar-refractivity contribution in [3.8, 4) is 0 Å². The van der Waals surface area contributed by atoms with Crippen molar-refractivity contribution in [1.29, 1.82) is 0 Å². The fourth-order valence-corrected chi connectivity index (χ4v) is 1.76. The minimum atomic E-state index is -1.08. The molecule has 1 aliphatic rings. The highest BCUT2D eigenvalue weighted by molar-refractivity contribution is 5.83. The monoisotopic (exact) mass is 245 g/mol. The number of nitrogens with zero attached hydrogens (tertiary/aromatic N) is 2. The number of rotatable bonds is 4. The molecule has 0 spiro atoms. The number of aliphatic hydroxyl groups is 1. The maximum absolute atomic E-state index is 11.7. The molecule has 0 radical (unpaired) electrons. The number of likely N-dealkylation sites (N-methyl/N-ethyl adjacent to an activating group) is 1. The van der Waals surface area contributed by atoms with Gasteiger partial charge in [-0.1, -0.05) is 0 Å². The predicted octanol–water partition coefficient (Wildman–Crippen LogP) is -1.22. The number of β-amino-alcohol motifs (C(OH)–C–C–N with tert-alkyl or cyclic N) is 1. The lowest BCUT2D eigenvalue weighted by atomic mass is 10.2. The number of carbonyl (C=O) groups excluding carboxylic acids is 1. The SMILES string of the molecule is CN(C)CCNC(=O)N1CC(O)CC1C(=O)O. The summed E-state index contributed by atoms with van der Waals surface area (Å²) in [5, 5.41) is 20.9. The van der Waals surface area contributed by atoms with Gasteiger partial charge < -0.3 is 25.3 Å². The number of amides is 2. The Balaban J connectivity index is 2.47. The van der Waals surface area contributed by atoms with E-state index in [9.17, 15) is 14.7 Å². The van der Waals surface area contributed by atoms with Gasteiger partial charge in [0, 0.05) is 26.1 Å². The van der Waals surface area contributed by atoms with E-state index in [0.717, 1.165) is 0 Å². The number of hydrogen-bond donors (Lipinski definition) is 3. The van der Waals surface area contributed by atoms with Crippen LogP contribution in [-0.2, 0) is 4.79 Å². The van der Waals surface area contributed by atoms with Gasteiger partial charge in [0.15, 0.2) is 0 Å². The van der Waals surface area contributed by atoms with Gasteiger partial charge in [-0.05, 0) is 14.1 Å². The van der Waals surface area contributed by atoms with E-state index in [0.29, 0.717) is 13.1 Å². The van der Waals surface area contributed by atoms with E-state index < -0.39 is 24.1 Å². The summed E-state index contributed by atoms with van der Waals surface area (Å²) >= 11 is 0. The first kappa shape index (κ1) is 13.7. The van der Waals surface area contributed by atoms with Crippen molar-refractivity contribution in [1.82, 2.24) is 15.1 Å². The molecule has 2 atom stereocenters. The maximum Gasteiger partial charge on any atom is 0.326 e. The summed E-state index contributed by atoms with van der Waals surface area (Å²) in [5.74, 6) is -1.08. The van der Waals surface area contributed by atoms with E-state index in [1.807, 2.05) is 19.0 Å². The normalized spacial score (nSPS) is 24.1. The Hall–Kier alpha value is -1.34. The van der Waals surface area contributed by atoms with E-state index in [1.165, 1.54) is 4.90 Å². The van der Waals surface area contributed by atoms with Crippen molar-refractivity contribution in [3.63, 3.8) is 0 Å². The van der Waals surface area contributed by atoms with Gasteiger partial charge in [-0.2, -0.15) is 0 Å². The molecule has 1 heterocycles. The minimum Gasteiger partial charge on any atom is -0.480 e. The molecule has 0 bridgehead atoms. The third kappa shape index (κ3) is 3.86. The average molecular weight is 245 g/mol. The Morgan fingerprint density at radius 2 is 2.12 bits per heavy atom. The number of aliphatic carboxylic acids is 1. The summed E-state index contributed by atoms with van der Waals surface area (Å²) in [5.41, 5.74) is 0. The van der Waals surface area contributed by atoms with E-state index in [1.54, 1.807) is 0 Å². The summed E-state index contributed by atoms with van der Waals surface area (Å²) in [6.45, 7) is 1.20. The third-order valence-corrected chi connectivity index (χ3v) is 2.66. The summed E-state index contributed by atoms with van der Waals surface area (Å²) < 4.78 is 0. The number of carboxylic acid groups (broad SMARTS) is 1. The maximum atomic E-state index is 11.7. The lowest BCUT2D eigenvalue weighted by Gasteiger charge is -2.22. The first-order chi connectivity index (χ1) is 7.91. The Kier molecular flexibility index (Phi) is 4.71. The van der Waals surface area contributed by atoms with Crippen LogP contribution in [-0.4, -0.2) is 77.9 Å². The number of urea groups is 1. The van der Waals surface area contributed by atoms with Gasteiger partial charge in [0.1, 0.15) is 6.04 Å². The molecule has 17 heavy (non-hydrogen) atoms. The van der Waals surface area contributed by atoms with Crippen molar-refractivity contribution in [3.05, 3.63) is 0 Å². The molecule has 0 aromatic rings. The standard InChI is InChI=1S/C10H19N3O4/c1-12(2)4-3-11-10(17)13-6-7(14)5-8(13)9(15)16/h7-8,14H,3-6H2,1-2H3,(H,11,17)(H,15,16). The van der Waals surface area contributed by atoms with Crippen molar-refractivity contribution in [2.24, 2.45) is 0 Å². The number of hydrogen-bond acceptors (Lipinski definition) is 4. The summed E-state index contributed by atoms with van der Waals surface area (Å²) in [4.78, 5) is 25.7. The zero-order chi connectivity index (χ0) is 13.0. The molecule has 0 aromatic carbocycles. The molecule has 1 fully saturated rings. The zero-order valence-electron chi connectivity index (χ0n) is 10.1. The Labute approximate surface area is 100.0 Å². The second-order valence-electron chi connectivity index (χ2n) is 4.43. The molecule has 3 N–H and O–H groups in total. The van der Waals surface area contributed by atoms with Crippen molar-refractivity contribution in [2.45, 2.75) is 18.6 Å². The largest absolute Gasteiger partial charge is 0.480 e. The van der Waals surface area contributed by atoms with Gasteiger partial charge in [0.2, 0.25) is 0 Å². The quantitative estimate of drug-likeness (QED) is 0.577. The van der Waals surface area contributed by atoms with Crippen LogP contribution >= 0.6 is 0 Å². The highest BCUT2D eigenvalue weighted by Gasteiger charge is 2.38. The van der Waals surface area contributed by atoms with Gasteiger partial charge in [0.05, 0.1) is 6.10 Å². The molecule has 0 aliphatic carbocycles. The van der Waals surface area contributed by atoms with Crippen LogP contribution in [0, 0.1) is 0 Å². The van der Waals surface area contributed by atoms with Crippen LogP contribution < -0.4 is 5.32 Å². The molecule has 0 saturated carbocycles. The summed E-state index contributed by atoms with van der Waals surface area (Å²) in [7, 11) is 3.76. The Bertz CT molecular complexity index is 295. The van der Waals surface area contributed by atoms with Crippen LogP contribution in [0.4, 0.5) is 4.79 Å². The van der Waals surface area contributed by atoms with E-state index in [2.05, 4.69) is 5.32 Å². The van der Waals surface area contributed by atoms with Crippen molar-refractivity contribution < 1.29 is 19.8 Å². The van der Waals surface area contributed by atoms with Crippen LogP contribution in [0.3, 0.4) is 0 Å². The van der Waals surface area contributed by atoms with E-state index in [4.69, 9.17) is 5.11 Å². The molecule has 98 valence electrons. The molecular formula is C10H19N3O4. The third-order valence-electron chi connectivity index (χ3n) is 2.66. The number of nitrogens with one attached hydrogen (secondary N) is 1. The summed E-state index contributed by atoms with van der Waals surface area (Å²) in [6.07, 6.45) is -0.660. The van der Waals surface area contributed by atoms with E-state index in [-0.39, 0.29) is 13.0 Å². The predicted molar refractivity (Wildman–Crippen MR) is 60.7 cm³/mol. The van der Waals surface area contributed by atoms with Crippen LogP contribution in [0.25, 0.3) is 0 Å². The van der Waals surface area contributed by atoms with Gasteiger partial charge in [0.25, 0.3) is 0 Å². The number of carbonyl (C=O) groups is 2. The van der Waals surface area contributed by atoms with Gasteiger partial charge in [-0.3, -0.25) is 0 Å². The highest BCUT2D eigenvalue weighted by Crippen LogP contribution is 2.17. The topological polar surface area (TPSA) is 93.1 Å². The molecule has 2 unspecified atom stereocenters. The molecule has 7 heteroatoms. The molecule has 7 nitrogen and oxygen atoms in total. The van der Waals surface area contributed by atoms with Gasteiger partial charge in [-0.15, -0.1) is 0 Å². The lowest BCUT2D eigenvalue weighted by Crippen LogP contribution is -2.47. The fraction of sp³-hybridized carbons (Fsp3) is 0.800. The van der Waals surface area contributed by atoms with Crippen molar-refractivity contribution in [2.75, 3.05) is 33.7 Å². The average Bonchev–Trinajstić information content (AvgIpc) is 2.59. The van der Waals surface area contributed by atoms with E-state index >= 15 is 0 Å². The second kappa shape index (κ2) is 5.83. The lowest BCUT2D eigenvalue weighted by molar-refractivity contribution is -0.141. The molecule has 2 amide bonds. The number of carboxylic acids is 1. The van der Waals surface area contributed by atoms with Gasteiger partial charge >= 0.3 is 12.0 Å². The minimum absolute atomic E-state index is 0.0742. The molecule has 1 saturated heterocycles. The number of aliphatic hydroxyl groups excluding tert-OH is 1. The molecule has 1 rings (SSSR count). The summed E-state index contributed by atoms with van der Waals surface area (Å²) in [6, 6.07) is -1.36. The Morgan fingerprint density at radius 1 is 1.47 bits per heavy atom. The second-order valence-corrected chi connectivity index (χ2v) is 4.43. The van der Waals surface area contributed by atoms with Crippen molar-refractivity contribution >= 4 is 12.0 Å². The van der Waals surface area contributed by atoms with Crippen LogP contribution in [0.2, 0.25) is 0 Å². The fourth-order valence-electron chi connectivity index (χ4n) is 1.76. The first-order valence-corrected chi connectivity index (χ1v) is 5.52. The number of likely N-dealkylation sites (tertiary alicyclic amines) is 1. The van der Waals surface area contributed by atoms with Crippen LogP contribution in [0.1, 0.15) is 6.42 Å². The first-order valence-electron chi connectivity index (χ1n) is 5.52. The van der Waals surface area contributed by atoms with Gasteiger partial charge in [-0.25, -0.2) is 9.59 Å². The molecule has 1 aliphatic heterocycles.